The normalized spacial score (nSPS) is 22.2. The Morgan fingerprint density at radius 1 is 1.82 bits per heavy atom. The molecule has 0 spiro atoms. The summed E-state index contributed by atoms with van der Waals surface area (Å²) in [6.45, 7) is 0. The molecule has 0 N–H and O–H groups in total. The summed E-state index contributed by atoms with van der Waals surface area (Å²) in [5.74, 6) is -0.242. The van der Waals surface area contributed by atoms with Crippen molar-refractivity contribution in [2.45, 2.75) is 6.42 Å². The number of carbonyl (C=O) groups is 1. The van der Waals surface area contributed by atoms with Crippen LogP contribution in [0.1, 0.15) is 6.42 Å². The minimum Gasteiger partial charge on any atom is -0.281 e. The van der Waals surface area contributed by atoms with E-state index in [1.807, 2.05) is 6.07 Å². The number of hydrogen-bond donors (Lipinski definition) is 0. The Morgan fingerprint density at radius 3 is 2.91 bits per heavy atom. The monoisotopic (exact) mass is 167 g/mol. The molecule has 0 saturated heterocycles. The van der Waals surface area contributed by atoms with Gasteiger partial charge in [0, 0.05) is 5.57 Å². The van der Waals surface area contributed by atoms with E-state index < -0.39 is 0 Å². The quantitative estimate of drug-likeness (QED) is 0.559. The Labute approximate surface area is 69.8 Å². The van der Waals surface area contributed by atoms with Crippen LogP contribution in [0.2, 0.25) is 0 Å². The highest BCUT2D eigenvalue weighted by atomic mass is 35.5. The number of rotatable bonds is 1. The lowest BCUT2D eigenvalue weighted by molar-refractivity contribution is -0.113. The average molecular weight is 168 g/mol. The van der Waals surface area contributed by atoms with Gasteiger partial charge in [0.1, 0.15) is 0 Å². The van der Waals surface area contributed by atoms with Crippen LogP contribution in [0.25, 0.3) is 0 Å². The molecule has 0 aromatic heterocycles. The van der Waals surface area contributed by atoms with Gasteiger partial charge >= 0.3 is 0 Å². The summed E-state index contributed by atoms with van der Waals surface area (Å²) >= 11 is 5.25. The lowest BCUT2D eigenvalue weighted by Gasteiger charge is -2.07. The van der Waals surface area contributed by atoms with Crippen LogP contribution >= 0.6 is 11.6 Å². The molecule has 1 aliphatic rings. The second-order valence-electron chi connectivity index (χ2n) is 2.28. The topological polar surface area (TPSA) is 40.9 Å². The molecule has 0 bridgehead atoms. The first-order valence-corrected chi connectivity index (χ1v) is 3.59. The summed E-state index contributed by atoms with van der Waals surface area (Å²) in [4.78, 5) is 10.6. The third-order valence-corrected chi connectivity index (χ3v) is 1.80. The predicted octanol–water partition coefficient (Wildman–Crippen LogP) is 1.78. The molecule has 0 amide bonds. The van der Waals surface area contributed by atoms with Gasteiger partial charge in [0.05, 0.1) is 12.0 Å². The smallest absolute Gasteiger partial charge is 0.228 e. The van der Waals surface area contributed by atoms with E-state index in [1.165, 1.54) is 0 Å². The molecule has 56 valence electrons. The molecular formula is C8H6ClNO. The Morgan fingerprint density at radius 2 is 2.55 bits per heavy atom. The van der Waals surface area contributed by atoms with Gasteiger partial charge in [0.15, 0.2) is 0 Å². The highest BCUT2D eigenvalue weighted by Gasteiger charge is 2.14. The molecule has 0 heterocycles. The van der Waals surface area contributed by atoms with Gasteiger partial charge in [-0.3, -0.25) is 4.79 Å². The van der Waals surface area contributed by atoms with Crippen LogP contribution in [-0.4, -0.2) is 5.24 Å². The molecule has 1 unspecified atom stereocenters. The zero-order valence-corrected chi connectivity index (χ0v) is 6.51. The van der Waals surface area contributed by atoms with Crippen LogP contribution in [0.5, 0.6) is 0 Å². The van der Waals surface area contributed by atoms with E-state index in [2.05, 4.69) is 0 Å². The highest BCUT2D eigenvalue weighted by molar-refractivity contribution is 6.64. The van der Waals surface area contributed by atoms with Gasteiger partial charge in [-0.1, -0.05) is 12.2 Å². The summed E-state index contributed by atoms with van der Waals surface area (Å²) in [6.07, 6.45) is 5.54. The number of hydrogen-bond acceptors (Lipinski definition) is 2. The fourth-order valence-electron chi connectivity index (χ4n) is 0.872. The van der Waals surface area contributed by atoms with Crippen molar-refractivity contribution in [1.29, 1.82) is 5.26 Å². The van der Waals surface area contributed by atoms with Crippen LogP contribution in [0.3, 0.4) is 0 Å². The molecule has 0 aliphatic heterocycles. The third-order valence-electron chi connectivity index (χ3n) is 1.52. The lowest BCUT2D eigenvalue weighted by Crippen LogP contribution is -2.06. The van der Waals surface area contributed by atoms with Crippen LogP contribution in [0.15, 0.2) is 23.8 Å². The fourth-order valence-corrected chi connectivity index (χ4v) is 1.03. The van der Waals surface area contributed by atoms with Gasteiger partial charge in [-0.15, -0.1) is 0 Å². The zero-order valence-electron chi connectivity index (χ0n) is 5.75. The molecule has 0 radical (unpaired) electrons. The molecule has 11 heavy (non-hydrogen) atoms. The summed E-state index contributed by atoms with van der Waals surface area (Å²) < 4.78 is 0. The number of nitriles is 1. The minimum atomic E-state index is -0.366. The summed E-state index contributed by atoms with van der Waals surface area (Å²) in [5, 5.41) is 8.06. The molecule has 1 aliphatic carbocycles. The van der Waals surface area contributed by atoms with Crippen molar-refractivity contribution in [3.8, 4) is 6.07 Å². The average Bonchev–Trinajstić information content (AvgIpc) is 2.05. The number of nitrogens with zero attached hydrogens (tertiary/aromatic N) is 1. The summed E-state index contributed by atoms with van der Waals surface area (Å²) in [6, 6.07) is 1.98. The van der Waals surface area contributed by atoms with Crippen LogP contribution in [-0.2, 0) is 4.79 Å². The SMILES string of the molecule is N#CC1=CCC(C(=O)Cl)C=C1. The van der Waals surface area contributed by atoms with Crippen molar-refractivity contribution in [2.75, 3.05) is 0 Å². The maximum Gasteiger partial charge on any atom is 0.228 e. The van der Waals surface area contributed by atoms with Gasteiger partial charge in [0.2, 0.25) is 5.24 Å². The van der Waals surface area contributed by atoms with E-state index in [-0.39, 0.29) is 11.2 Å². The Balaban J connectivity index is 2.66. The van der Waals surface area contributed by atoms with E-state index in [1.54, 1.807) is 18.2 Å². The molecular weight excluding hydrogens is 162 g/mol. The van der Waals surface area contributed by atoms with Crippen molar-refractivity contribution in [3.63, 3.8) is 0 Å². The molecule has 1 atom stereocenters. The van der Waals surface area contributed by atoms with Crippen LogP contribution in [0.4, 0.5) is 0 Å². The van der Waals surface area contributed by atoms with Gasteiger partial charge in [-0.2, -0.15) is 5.26 Å². The Hall–Kier alpha value is -1.07. The molecule has 2 nitrogen and oxygen atoms in total. The largest absolute Gasteiger partial charge is 0.281 e. The summed E-state index contributed by atoms with van der Waals surface area (Å²) in [7, 11) is 0. The predicted molar refractivity (Wildman–Crippen MR) is 41.8 cm³/mol. The second kappa shape index (κ2) is 3.36. The maximum atomic E-state index is 10.6. The van der Waals surface area contributed by atoms with E-state index in [0.29, 0.717) is 12.0 Å². The Bertz CT molecular complexity index is 272. The fraction of sp³-hybridized carbons (Fsp3) is 0.250. The van der Waals surface area contributed by atoms with Gasteiger partial charge in [-0.25, -0.2) is 0 Å². The van der Waals surface area contributed by atoms with E-state index in [0.717, 1.165) is 0 Å². The van der Waals surface area contributed by atoms with Gasteiger partial charge < -0.3 is 0 Å². The van der Waals surface area contributed by atoms with Gasteiger partial charge in [0.25, 0.3) is 0 Å². The van der Waals surface area contributed by atoms with E-state index >= 15 is 0 Å². The molecule has 0 fully saturated rings. The van der Waals surface area contributed by atoms with Crippen molar-refractivity contribution < 1.29 is 4.79 Å². The zero-order chi connectivity index (χ0) is 8.27. The first kappa shape index (κ1) is 8.03. The molecule has 0 aromatic carbocycles. The van der Waals surface area contributed by atoms with Crippen molar-refractivity contribution in [2.24, 2.45) is 5.92 Å². The van der Waals surface area contributed by atoms with Crippen LogP contribution in [0, 0.1) is 17.2 Å². The van der Waals surface area contributed by atoms with Crippen molar-refractivity contribution >= 4 is 16.8 Å². The third kappa shape index (κ3) is 1.92. The lowest BCUT2D eigenvalue weighted by atomic mass is 9.99. The molecule has 3 heteroatoms. The first-order chi connectivity index (χ1) is 5.24. The molecule has 0 aromatic rings. The first-order valence-electron chi connectivity index (χ1n) is 3.22. The Kier molecular flexibility index (Phi) is 2.45. The van der Waals surface area contributed by atoms with E-state index in [4.69, 9.17) is 16.9 Å². The minimum absolute atomic E-state index is 0.242. The number of allylic oxidation sites excluding steroid dienone is 4. The van der Waals surface area contributed by atoms with Gasteiger partial charge in [-0.05, 0) is 24.1 Å². The van der Waals surface area contributed by atoms with Crippen LogP contribution < -0.4 is 0 Å². The standard InChI is InChI=1S/C8H6ClNO/c9-8(11)7-3-1-6(5-10)2-4-7/h1-3,7H,4H2. The van der Waals surface area contributed by atoms with Crippen molar-refractivity contribution in [1.82, 2.24) is 0 Å². The molecule has 1 rings (SSSR count). The van der Waals surface area contributed by atoms with E-state index in [9.17, 15) is 4.79 Å². The maximum absolute atomic E-state index is 10.6. The second-order valence-corrected chi connectivity index (χ2v) is 2.65. The number of carbonyl (C=O) groups excluding carboxylic acids is 1. The number of halogens is 1. The molecule has 0 saturated carbocycles. The summed E-state index contributed by atoms with van der Waals surface area (Å²) in [5.41, 5.74) is 0.596. The highest BCUT2D eigenvalue weighted by Crippen LogP contribution is 2.17. The van der Waals surface area contributed by atoms with Crippen molar-refractivity contribution in [3.05, 3.63) is 23.8 Å².